The summed E-state index contributed by atoms with van der Waals surface area (Å²) >= 11 is 0. The van der Waals surface area contributed by atoms with Crippen LogP contribution in [0, 0.1) is 0 Å². The van der Waals surface area contributed by atoms with Crippen molar-refractivity contribution in [2.75, 3.05) is 0 Å². The minimum Gasteiger partial charge on any atom is -0.299 e. The Kier molecular flexibility index (Phi) is 3.93. The van der Waals surface area contributed by atoms with Gasteiger partial charge in [0.05, 0.1) is 0 Å². The second-order valence-electron chi connectivity index (χ2n) is 4.56. The summed E-state index contributed by atoms with van der Waals surface area (Å²) in [5.74, 6) is 0.278. The molecule has 2 aromatic carbocycles. The van der Waals surface area contributed by atoms with Crippen LogP contribution in [0.1, 0.15) is 31.7 Å². The van der Waals surface area contributed by atoms with Gasteiger partial charge in [-0.3, -0.25) is 4.79 Å². The van der Waals surface area contributed by atoms with E-state index in [1.165, 1.54) is 11.1 Å². The van der Waals surface area contributed by atoms with Gasteiger partial charge >= 0.3 is 0 Å². The van der Waals surface area contributed by atoms with E-state index in [4.69, 9.17) is 0 Å². The zero-order chi connectivity index (χ0) is 13.0. The molecule has 92 valence electrons. The van der Waals surface area contributed by atoms with Crippen molar-refractivity contribution in [2.24, 2.45) is 0 Å². The van der Waals surface area contributed by atoms with Gasteiger partial charge in [0.25, 0.3) is 0 Å². The van der Waals surface area contributed by atoms with Crippen LogP contribution in [0.25, 0.3) is 11.1 Å². The van der Waals surface area contributed by atoms with Gasteiger partial charge in [0.15, 0.2) is 0 Å². The van der Waals surface area contributed by atoms with Crippen molar-refractivity contribution in [1.29, 1.82) is 0 Å². The van der Waals surface area contributed by atoms with Gasteiger partial charge < -0.3 is 0 Å². The van der Waals surface area contributed by atoms with Crippen LogP contribution in [0.5, 0.6) is 0 Å². The molecule has 2 rings (SSSR count). The maximum absolute atomic E-state index is 11.5. The minimum atomic E-state index is 0.0369. The Hall–Kier alpha value is -1.89. The molecule has 1 nitrogen and oxygen atoms in total. The van der Waals surface area contributed by atoms with Crippen molar-refractivity contribution in [3.63, 3.8) is 0 Å². The van der Waals surface area contributed by atoms with E-state index in [2.05, 4.69) is 43.3 Å². The van der Waals surface area contributed by atoms with Crippen molar-refractivity contribution in [3.8, 4) is 11.1 Å². The number of benzene rings is 2. The smallest absolute Gasteiger partial charge is 0.137 e. The fraction of sp³-hybridized carbons (Fsp3) is 0.235. The lowest BCUT2D eigenvalue weighted by atomic mass is 9.91. The molecule has 18 heavy (non-hydrogen) atoms. The molecular weight excluding hydrogens is 220 g/mol. The predicted octanol–water partition coefficient (Wildman–Crippen LogP) is 4.44. The molecule has 0 amide bonds. The highest BCUT2D eigenvalue weighted by Gasteiger charge is 2.13. The van der Waals surface area contributed by atoms with Gasteiger partial charge in [-0.25, -0.2) is 0 Å². The highest BCUT2D eigenvalue weighted by atomic mass is 16.1. The average Bonchev–Trinajstić information content (AvgIpc) is 2.41. The molecule has 0 aliphatic heterocycles. The highest BCUT2D eigenvalue weighted by Crippen LogP contribution is 2.24. The van der Waals surface area contributed by atoms with Crippen LogP contribution in [0.4, 0.5) is 0 Å². The van der Waals surface area contributed by atoms with E-state index in [9.17, 15) is 4.79 Å². The van der Waals surface area contributed by atoms with E-state index in [1.54, 1.807) is 6.92 Å². The van der Waals surface area contributed by atoms with Gasteiger partial charge in [0.2, 0.25) is 0 Å². The first-order chi connectivity index (χ1) is 8.72. The number of hydrogen-bond acceptors (Lipinski definition) is 1. The number of carbonyl (C=O) groups is 1. The summed E-state index contributed by atoms with van der Waals surface area (Å²) in [5.41, 5.74) is 3.52. The molecule has 0 N–H and O–H groups in total. The van der Waals surface area contributed by atoms with Crippen LogP contribution in [0.15, 0.2) is 54.6 Å². The van der Waals surface area contributed by atoms with Gasteiger partial charge in [-0.05, 0) is 30.0 Å². The highest BCUT2D eigenvalue weighted by molar-refractivity contribution is 5.83. The summed E-state index contributed by atoms with van der Waals surface area (Å²) in [6, 6.07) is 18.6. The summed E-state index contributed by atoms with van der Waals surface area (Å²) in [4.78, 5) is 11.5. The van der Waals surface area contributed by atoms with Gasteiger partial charge in [0, 0.05) is 5.92 Å². The molecule has 0 heterocycles. The second kappa shape index (κ2) is 5.63. The lowest BCUT2D eigenvalue weighted by molar-refractivity contribution is -0.118. The van der Waals surface area contributed by atoms with E-state index in [0.29, 0.717) is 0 Å². The number of rotatable bonds is 4. The molecule has 0 saturated carbocycles. The zero-order valence-electron chi connectivity index (χ0n) is 10.9. The van der Waals surface area contributed by atoms with E-state index < -0.39 is 0 Å². The van der Waals surface area contributed by atoms with Crippen LogP contribution in [0.3, 0.4) is 0 Å². The monoisotopic (exact) mass is 238 g/mol. The minimum absolute atomic E-state index is 0.0369. The first-order valence-electron chi connectivity index (χ1n) is 6.38. The molecule has 0 fully saturated rings. The molecule has 0 spiro atoms. The number of hydrogen-bond donors (Lipinski definition) is 0. The van der Waals surface area contributed by atoms with Gasteiger partial charge in [0.1, 0.15) is 5.78 Å². The number of ketones is 1. The Bertz CT molecular complexity index is 511. The van der Waals surface area contributed by atoms with Gasteiger partial charge in [-0.15, -0.1) is 0 Å². The maximum Gasteiger partial charge on any atom is 0.137 e. The molecule has 0 aliphatic rings. The first-order valence-corrected chi connectivity index (χ1v) is 6.38. The topological polar surface area (TPSA) is 17.1 Å². The average molecular weight is 238 g/mol. The standard InChI is InChI=1S/C17H18O/c1-3-17(13(2)18)16-11-9-15(10-12-16)14-7-5-4-6-8-14/h4-12,17H,3H2,1-2H3. The van der Waals surface area contributed by atoms with E-state index >= 15 is 0 Å². The van der Waals surface area contributed by atoms with Crippen molar-refractivity contribution in [3.05, 3.63) is 60.2 Å². The molecule has 1 heteroatoms. The Balaban J connectivity index is 2.28. The molecule has 0 aromatic heterocycles. The summed E-state index contributed by atoms with van der Waals surface area (Å²) in [5, 5.41) is 0. The first kappa shape index (κ1) is 12.6. The van der Waals surface area contributed by atoms with Crippen LogP contribution >= 0.6 is 0 Å². The van der Waals surface area contributed by atoms with E-state index in [-0.39, 0.29) is 11.7 Å². The lowest BCUT2D eigenvalue weighted by Crippen LogP contribution is -2.07. The zero-order valence-corrected chi connectivity index (χ0v) is 10.9. The largest absolute Gasteiger partial charge is 0.299 e. The SMILES string of the molecule is CCC(C(C)=O)c1ccc(-c2ccccc2)cc1. The van der Waals surface area contributed by atoms with E-state index in [0.717, 1.165) is 12.0 Å². The Morgan fingerprint density at radius 1 is 0.944 bits per heavy atom. The predicted molar refractivity (Wildman–Crippen MR) is 75.6 cm³/mol. The number of carbonyl (C=O) groups excluding carboxylic acids is 1. The third-order valence-corrected chi connectivity index (χ3v) is 3.32. The molecule has 1 atom stereocenters. The summed E-state index contributed by atoms with van der Waals surface area (Å²) < 4.78 is 0. The Morgan fingerprint density at radius 2 is 1.50 bits per heavy atom. The number of Topliss-reactive ketones (excluding diaryl/α,β-unsaturated/α-hetero) is 1. The van der Waals surface area contributed by atoms with Crippen LogP contribution in [-0.4, -0.2) is 5.78 Å². The van der Waals surface area contributed by atoms with E-state index in [1.807, 2.05) is 18.2 Å². The Morgan fingerprint density at radius 3 is 2.00 bits per heavy atom. The molecule has 0 saturated heterocycles. The van der Waals surface area contributed by atoms with Crippen molar-refractivity contribution in [1.82, 2.24) is 0 Å². The summed E-state index contributed by atoms with van der Waals surface area (Å²) in [6.45, 7) is 3.72. The lowest BCUT2D eigenvalue weighted by Gasteiger charge is -2.12. The van der Waals surface area contributed by atoms with Crippen molar-refractivity contribution in [2.45, 2.75) is 26.2 Å². The molecule has 1 unspecified atom stereocenters. The van der Waals surface area contributed by atoms with Crippen LogP contribution in [-0.2, 0) is 4.79 Å². The fourth-order valence-corrected chi connectivity index (χ4v) is 2.30. The molecular formula is C17H18O. The van der Waals surface area contributed by atoms with Crippen molar-refractivity contribution >= 4 is 5.78 Å². The van der Waals surface area contributed by atoms with Crippen LogP contribution in [0.2, 0.25) is 0 Å². The third kappa shape index (κ3) is 2.67. The second-order valence-corrected chi connectivity index (χ2v) is 4.56. The fourth-order valence-electron chi connectivity index (χ4n) is 2.30. The van der Waals surface area contributed by atoms with Crippen LogP contribution < -0.4 is 0 Å². The van der Waals surface area contributed by atoms with Crippen molar-refractivity contribution < 1.29 is 4.79 Å². The summed E-state index contributed by atoms with van der Waals surface area (Å²) in [7, 11) is 0. The summed E-state index contributed by atoms with van der Waals surface area (Å²) in [6.07, 6.45) is 0.861. The maximum atomic E-state index is 11.5. The Labute approximate surface area is 108 Å². The van der Waals surface area contributed by atoms with Gasteiger partial charge in [-0.2, -0.15) is 0 Å². The molecule has 0 aliphatic carbocycles. The molecule has 2 aromatic rings. The third-order valence-electron chi connectivity index (χ3n) is 3.32. The van der Waals surface area contributed by atoms with Gasteiger partial charge in [-0.1, -0.05) is 61.5 Å². The quantitative estimate of drug-likeness (QED) is 0.769. The normalized spacial score (nSPS) is 12.1. The molecule has 0 bridgehead atoms. The molecule has 0 radical (unpaired) electrons.